The second kappa shape index (κ2) is 9.78. The molecule has 1 aliphatic rings. The van der Waals surface area contributed by atoms with E-state index in [0.717, 1.165) is 24.2 Å². The van der Waals surface area contributed by atoms with Crippen LogP contribution in [0.5, 0.6) is 0 Å². The van der Waals surface area contributed by atoms with Gasteiger partial charge >= 0.3 is 0 Å². The minimum atomic E-state index is -3.64. The van der Waals surface area contributed by atoms with Crippen molar-refractivity contribution in [2.45, 2.75) is 32.1 Å². The Morgan fingerprint density at radius 2 is 1.68 bits per heavy atom. The van der Waals surface area contributed by atoms with Gasteiger partial charge in [0.2, 0.25) is 10.0 Å². The predicted molar refractivity (Wildman–Crippen MR) is 120 cm³/mol. The molecule has 2 aromatic rings. The lowest BCUT2D eigenvalue weighted by molar-refractivity contribution is 0.0766. The van der Waals surface area contributed by atoms with E-state index in [2.05, 4.69) is 4.90 Å². The van der Waals surface area contributed by atoms with Gasteiger partial charge in [-0.3, -0.25) is 4.79 Å². The molecule has 0 saturated carbocycles. The number of carbonyl (C=O) groups excluding carboxylic acids is 1. The zero-order valence-corrected chi connectivity index (χ0v) is 19.2. The first-order chi connectivity index (χ1) is 14.8. The standard InChI is InChI=1S/C23H30FN3O3S/c1-4-27(5-2)31(29,30)21-12-7-18(3)22(17-21)23(28)26-14-6-13-25(15-16-26)20-10-8-19(24)9-11-20/h7-12,17H,4-6,13-16H2,1-3H3. The quantitative estimate of drug-likeness (QED) is 0.680. The molecule has 2 aromatic carbocycles. The van der Waals surface area contributed by atoms with E-state index < -0.39 is 10.0 Å². The molecule has 1 saturated heterocycles. The average molecular weight is 448 g/mol. The minimum Gasteiger partial charge on any atom is -0.370 e. The van der Waals surface area contributed by atoms with Crippen LogP contribution < -0.4 is 4.90 Å². The minimum absolute atomic E-state index is 0.146. The Morgan fingerprint density at radius 1 is 1.00 bits per heavy atom. The summed E-state index contributed by atoms with van der Waals surface area (Å²) in [6.45, 7) is 8.67. The number of carbonyl (C=O) groups is 1. The van der Waals surface area contributed by atoms with Crippen LogP contribution in [0.25, 0.3) is 0 Å². The first-order valence-electron chi connectivity index (χ1n) is 10.7. The van der Waals surface area contributed by atoms with Crippen molar-refractivity contribution >= 4 is 21.6 Å². The molecule has 3 rings (SSSR count). The SMILES string of the molecule is CCN(CC)S(=O)(=O)c1ccc(C)c(C(=O)N2CCCN(c3ccc(F)cc3)CC2)c1. The highest BCUT2D eigenvalue weighted by Gasteiger charge is 2.26. The molecule has 6 nitrogen and oxygen atoms in total. The van der Waals surface area contributed by atoms with E-state index >= 15 is 0 Å². The Kier molecular flexibility index (Phi) is 7.33. The first kappa shape index (κ1) is 23.2. The van der Waals surface area contributed by atoms with Crippen molar-refractivity contribution < 1.29 is 17.6 Å². The maximum absolute atomic E-state index is 13.3. The molecule has 0 aromatic heterocycles. The monoisotopic (exact) mass is 447 g/mol. The molecule has 8 heteroatoms. The van der Waals surface area contributed by atoms with Gasteiger partial charge in [0.15, 0.2) is 0 Å². The van der Waals surface area contributed by atoms with Gasteiger partial charge in [0, 0.05) is 50.5 Å². The van der Waals surface area contributed by atoms with Gasteiger partial charge < -0.3 is 9.80 Å². The highest BCUT2D eigenvalue weighted by atomic mass is 32.2. The molecule has 0 spiro atoms. The van der Waals surface area contributed by atoms with E-state index in [1.54, 1.807) is 43.0 Å². The number of hydrogen-bond donors (Lipinski definition) is 0. The van der Waals surface area contributed by atoms with Gasteiger partial charge in [0.1, 0.15) is 5.82 Å². The highest BCUT2D eigenvalue weighted by Crippen LogP contribution is 2.22. The summed E-state index contributed by atoms with van der Waals surface area (Å²) in [6, 6.07) is 11.2. The second-order valence-electron chi connectivity index (χ2n) is 7.68. The van der Waals surface area contributed by atoms with E-state index in [0.29, 0.717) is 38.3 Å². The van der Waals surface area contributed by atoms with E-state index in [9.17, 15) is 17.6 Å². The van der Waals surface area contributed by atoms with Crippen LogP contribution in [-0.2, 0) is 10.0 Å². The third kappa shape index (κ3) is 5.07. The summed E-state index contributed by atoms with van der Waals surface area (Å²) in [5.41, 5.74) is 2.10. The van der Waals surface area contributed by atoms with Crippen molar-refractivity contribution in [2.75, 3.05) is 44.2 Å². The Balaban J connectivity index is 1.80. The van der Waals surface area contributed by atoms with Crippen molar-refractivity contribution in [3.8, 4) is 0 Å². The predicted octanol–water partition coefficient (Wildman–Crippen LogP) is 3.52. The third-order valence-electron chi connectivity index (χ3n) is 5.76. The van der Waals surface area contributed by atoms with E-state index in [-0.39, 0.29) is 16.6 Å². The third-order valence-corrected chi connectivity index (χ3v) is 7.80. The molecule has 0 bridgehead atoms. The van der Waals surface area contributed by atoms with Crippen LogP contribution in [0.1, 0.15) is 36.2 Å². The zero-order valence-electron chi connectivity index (χ0n) is 18.3. The Labute approximate surface area is 184 Å². The first-order valence-corrected chi connectivity index (χ1v) is 12.1. The number of rotatable bonds is 6. The number of amides is 1. The van der Waals surface area contributed by atoms with Gasteiger partial charge in [-0.15, -0.1) is 0 Å². The van der Waals surface area contributed by atoms with Crippen LogP contribution in [0.3, 0.4) is 0 Å². The van der Waals surface area contributed by atoms with Crippen molar-refractivity contribution in [3.63, 3.8) is 0 Å². The lowest BCUT2D eigenvalue weighted by Gasteiger charge is -2.24. The molecule has 0 atom stereocenters. The zero-order chi connectivity index (χ0) is 22.6. The van der Waals surface area contributed by atoms with E-state index in [1.165, 1.54) is 22.5 Å². The fourth-order valence-electron chi connectivity index (χ4n) is 3.91. The van der Waals surface area contributed by atoms with Crippen LogP contribution >= 0.6 is 0 Å². The molecule has 0 N–H and O–H groups in total. The van der Waals surface area contributed by atoms with Gasteiger partial charge in [-0.1, -0.05) is 19.9 Å². The topological polar surface area (TPSA) is 60.9 Å². The van der Waals surface area contributed by atoms with Crippen molar-refractivity contribution in [3.05, 3.63) is 59.4 Å². The second-order valence-corrected chi connectivity index (χ2v) is 9.61. The maximum Gasteiger partial charge on any atom is 0.254 e. The number of anilines is 1. The summed E-state index contributed by atoms with van der Waals surface area (Å²) in [4.78, 5) is 17.4. The van der Waals surface area contributed by atoms with Crippen LogP contribution in [0.15, 0.2) is 47.4 Å². The number of hydrogen-bond acceptors (Lipinski definition) is 4. The van der Waals surface area contributed by atoms with Gasteiger partial charge in [-0.05, 0) is 55.3 Å². The molecule has 1 aliphatic heterocycles. The lowest BCUT2D eigenvalue weighted by atomic mass is 10.1. The molecule has 0 unspecified atom stereocenters. The number of aryl methyl sites for hydroxylation is 1. The van der Waals surface area contributed by atoms with Crippen molar-refractivity contribution in [1.29, 1.82) is 0 Å². The molecule has 1 fully saturated rings. The Morgan fingerprint density at radius 3 is 2.32 bits per heavy atom. The number of halogens is 1. The summed E-state index contributed by atoms with van der Waals surface area (Å²) in [5, 5.41) is 0. The number of sulfonamides is 1. The average Bonchev–Trinajstić information content (AvgIpc) is 3.01. The molecule has 1 amide bonds. The summed E-state index contributed by atoms with van der Waals surface area (Å²) >= 11 is 0. The lowest BCUT2D eigenvalue weighted by Crippen LogP contribution is -2.36. The largest absolute Gasteiger partial charge is 0.370 e. The van der Waals surface area contributed by atoms with Gasteiger partial charge in [-0.25, -0.2) is 12.8 Å². The van der Waals surface area contributed by atoms with Gasteiger partial charge in [0.05, 0.1) is 4.90 Å². The summed E-state index contributed by atoms with van der Waals surface area (Å²) in [5.74, 6) is -0.430. The summed E-state index contributed by atoms with van der Waals surface area (Å²) < 4.78 is 40.4. The van der Waals surface area contributed by atoms with Crippen molar-refractivity contribution in [1.82, 2.24) is 9.21 Å². The molecule has 168 valence electrons. The van der Waals surface area contributed by atoms with Crippen LogP contribution in [0.4, 0.5) is 10.1 Å². The van der Waals surface area contributed by atoms with Crippen LogP contribution in [0, 0.1) is 12.7 Å². The molecule has 0 aliphatic carbocycles. The fraction of sp³-hybridized carbons (Fsp3) is 0.435. The normalized spacial score (nSPS) is 15.3. The number of nitrogens with zero attached hydrogens (tertiary/aromatic N) is 3. The molecule has 0 radical (unpaired) electrons. The Bertz CT molecular complexity index is 1020. The smallest absolute Gasteiger partial charge is 0.254 e. The molecule has 31 heavy (non-hydrogen) atoms. The molecule has 1 heterocycles. The summed E-state index contributed by atoms with van der Waals surface area (Å²) in [7, 11) is -3.64. The van der Waals surface area contributed by atoms with Crippen LogP contribution in [0.2, 0.25) is 0 Å². The maximum atomic E-state index is 13.3. The van der Waals surface area contributed by atoms with E-state index in [4.69, 9.17) is 0 Å². The van der Waals surface area contributed by atoms with E-state index in [1.807, 2.05) is 6.92 Å². The molecular weight excluding hydrogens is 417 g/mol. The van der Waals surface area contributed by atoms with Crippen molar-refractivity contribution in [2.24, 2.45) is 0 Å². The molecular formula is C23H30FN3O3S. The fourth-order valence-corrected chi connectivity index (χ4v) is 5.39. The summed E-state index contributed by atoms with van der Waals surface area (Å²) in [6.07, 6.45) is 0.777. The number of benzene rings is 2. The Hall–Kier alpha value is -2.45. The van der Waals surface area contributed by atoms with Gasteiger partial charge in [0.25, 0.3) is 5.91 Å². The highest BCUT2D eigenvalue weighted by molar-refractivity contribution is 7.89. The van der Waals surface area contributed by atoms with Crippen LogP contribution in [-0.4, -0.2) is 62.8 Å². The van der Waals surface area contributed by atoms with Gasteiger partial charge in [-0.2, -0.15) is 4.31 Å².